The minimum absolute atomic E-state index is 0.0245. The van der Waals surface area contributed by atoms with Gasteiger partial charge in [-0.1, -0.05) is 30.7 Å². The summed E-state index contributed by atoms with van der Waals surface area (Å²) in [6.07, 6.45) is 2.88. The van der Waals surface area contributed by atoms with Crippen molar-refractivity contribution in [2.24, 2.45) is 5.92 Å². The smallest absolute Gasteiger partial charge is 0.223 e. The molecule has 0 aliphatic heterocycles. The van der Waals surface area contributed by atoms with Gasteiger partial charge in [0.1, 0.15) is 5.82 Å². The highest BCUT2D eigenvalue weighted by Crippen LogP contribution is 2.13. The molecule has 5 heteroatoms. The molecule has 1 aromatic heterocycles. The maximum absolute atomic E-state index is 12.8. The molecule has 2 rings (SSSR count). The average molecular weight is 321 g/mol. The molecule has 0 spiro atoms. The van der Waals surface area contributed by atoms with E-state index in [9.17, 15) is 9.18 Å². The number of nitrogens with zero attached hydrogens (tertiary/aromatic N) is 1. The fourth-order valence-corrected chi connectivity index (χ4v) is 2.25. The monoisotopic (exact) mass is 320 g/mol. The molecule has 116 valence electrons. The lowest BCUT2D eigenvalue weighted by Crippen LogP contribution is -2.31. The number of halogens is 2. The largest absolute Gasteiger partial charge is 0.352 e. The number of rotatable bonds is 6. The second-order valence-electron chi connectivity index (χ2n) is 5.12. The van der Waals surface area contributed by atoms with Gasteiger partial charge in [-0.3, -0.25) is 9.78 Å². The number of carbonyl (C=O) groups is 1. The molecule has 1 heterocycles. The van der Waals surface area contributed by atoms with E-state index >= 15 is 0 Å². The Bertz CT molecular complexity index is 614. The molecule has 1 atom stereocenters. The Labute approximate surface area is 134 Å². The molecule has 0 saturated heterocycles. The lowest BCUT2D eigenvalue weighted by Gasteiger charge is -2.14. The van der Waals surface area contributed by atoms with Gasteiger partial charge in [-0.25, -0.2) is 4.39 Å². The van der Waals surface area contributed by atoms with Crippen molar-refractivity contribution in [1.82, 2.24) is 10.3 Å². The summed E-state index contributed by atoms with van der Waals surface area (Å²) in [7, 11) is 0. The van der Waals surface area contributed by atoms with Gasteiger partial charge in [-0.15, -0.1) is 0 Å². The van der Waals surface area contributed by atoms with Gasteiger partial charge in [-0.05, 0) is 36.2 Å². The quantitative estimate of drug-likeness (QED) is 0.880. The molecule has 1 N–H and O–H groups in total. The molecule has 1 aromatic carbocycles. The molecule has 0 aliphatic carbocycles. The maximum Gasteiger partial charge on any atom is 0.223 e. The molecule has 0 radical (unpaired) electrons. The maximum atomic E-state index is 12.8. The number of pyridine rings is 1. The highest BCUT2D eigenvalue weighted by Gasteiger charge is 2.17. The summed E-state index contributed by atoms with van der Waals surface area (Å²) in [5.74, 6) is -0.451. The Morgan fingerprint density at radius 2 is 2.00 bits per heavy atom. The number of benzene rings is 1. The number of aromatic nitrogens is 1. The minimum atomic E-state index is -0.282. The van der Waals surface area contributed by atoms with Gasteiger partial charge in [0.2, 0.25) is 5.91 Å². The van der Waals surface area contributed by atoms with Gasteiger partial charge in [0, 0.05) is 30.8 Å². The van der Waals surface area contributed by atoms with Crippen LogP contribution in [0.1, 0.15) is 24.6 Å². The Morgan fingerprint density at radius 1 is 1.27 bits per heavy atom. The third-order valence-electron chi connectivity index (χ3n) is 3.49. The van der Waals surface area contributed by atoms with Gasteiger partial charge in [0.15, 0.2) is 0 Å². The second-order valence-corrected chi connectivity index (χ2v) is 5.56. The molecule has 3 nitrogen and oxygen atoms in total. The van der Waals surface area contributed by atoms with Gasteiger partial charge in [0.25, 0.3) is 0 Å². The fraction of sp³-hybridized carbons (Fsp3) is 0.294. The molecule has 0 aliphatic rings. The van der Waals surface area contributed by atoms with E-state index in [1.54, 1.807) is 24.4 Å². The zero-order chi connectivity index (χ0) is 15.9. The molecular formula is C17H18ClFN2O. The molecule has 0 bridgehead atoms. The van der Waals surface area contributed by atoms with E-state index in [1.165, 1.54) is 12.1 Å². The topological polar surface area (TPSA) is 42.0 Å². The van der Waals surface area contributed by atoms with E-state index in [0.29, 0.717) is 18.0 Å². The lowest BCUT2D eigenvalue weighted by atomic mass is 9.99. The van der Waals surface area contributed by atoms with E-state index in [2.05, 4.69) is 10.3 Å². The Hall–Kier alpha value is -1.94. The van der Waals surface area contributed by atoms with Crippen molar-refractivity contribution in [3.05, 3.63) is 64.7 Å². The SMILES string of the molecule is CCC(Cc1ccc(Cl)cn1)C(=O)NCc1ccc(F)cc1. The summed E-state index contributed by atoms with van der Waals surface area (Å²) in [5, 5.41) is 3.47. The molecule has 1 unspecified atom stereocenters. The van der Waals surface area contributed by atoms with Crippen molar-refractivity contribution in [2.75, 3.05) is 0 Å². The van der Waals surface area contributed by atoms with Crippen LogP contribution in [0.3, 0.4) is 0 Å². The van der Waals surface area contributed by atoms with E-state index < -0.39 is 0 Å². The van der Waals surface area contributed by atoms with Crippen molar-refractivity contribution in [2.45, 2.75) is 26.3 Å². The van der Waals surface area contributed by atoms with E-state index in [1.807, 2.05) is 13.0 Å². The third-order valence-corrected chi connectivity index (χ3v) is 3.71. The first-order valence-electron chi connectivity index (χ1n) is 7.21. The summed E-state index contributed by atoms with van der Waals surface area (Å²) < 4.78 is 12.8. The molecule has 1 amide bonds. The first-order chi connectivity index (χ1) is 10.6. The van der Waals surface area contributed by atoms with Crippen molar-refractivity contribution in [3.8, 4) is 0 Å². The van der Waals surface area contributed by atoms with Crippen molar-refractivity contribution >= 4 is 17.5 Å². The normalized spacial score (nSPS) is 12.0. The summed E-state index contributed by atoms with van der Waals surface area (Å²) in [6, 6.07) is 9.70. The van der Waals surface area contributed by atoms with E-state index in [4.69, 9.17) is 11.6 Å². The second kappa shape index (κ2) is 7.90. The predicted molar refractivity (Wildman–Crippen MR) is 85.0 cm³/mol. The number of hydrogen-bond acceptors (Lipinski definition) is 2. The van der Waals surface area contributed by atoms with E-state index in [-0.39, 0.29) is 17.6 Å². The van der Waals surface area contributed by atoms with Crippen LogP contribution in [0.25, 0.3) is 0 Å². The predicted octanol–water partition coefficient (Wildman–Crippen LogP) is 3.76. The number of nitrogens with one attached hydrogen (secondary N) is 1. The number of carbonyl (C=O) groups excluding carboxylic acids is 1. The van der Waals surface area contributed by atoms with Gasteiger partial charge < -0.3 is 5.32 Å². The van der Waals surface area contributed by atoms with Crippen LogP contribution in [-0.2, 0) is 17.8 Å². The zero-order valence-electron chi connectivity index (χ0n) is 12.4. The Balaban J connectivity index is 1.91. The number of amides is 1. The highest BCUT2D eigenvalue weighted by atomic mass is 35.5. The van der Waals surface area contributed by atoms with Gasteiger partial charge in [-0.2, -0.15) is 0 Å². The van der Waals surface area contributed by atoms with Crippen LogP contribution >= 0.6 is 11.6 Å². The van der Waals surface area contributed by atoms with Gasteiger partial charge in [0.05, 0.1) is 5.02 Å². The molecule has 2 aromatic rings. The van der Waals surface area contributed by atoms with Crippen LogP contribution in [0.2, 0.25) is 5.02 Å². The molecule has 0 saturated carbocycles. The molecule has 22 heavy (non-hydrogen) atoms. The average Bonchev–Trinajstić information content (AvgIpc) is 2.53. The van der Waals surface area contributed by atoms with Crippen molar-refractivity contribution in [3.63, 3.8) is 0 Å². The number of hydrogen-bond donors (Lipinski definition) is 1. The minimum Gasteiger partial charge on any atom is -0.352 e. The van der Waals surface area contributed by atoms with Crippen molar-refractivity contribution < 1.29 is 9.18 Å². The van der Waals surface area contributed by atoms with Crippen LogP contribution in [0.4, 0.5) is 4.39 Å². The van der Waals surface area contributed by atoms with Crippen LogP contribution in [0, 0.1) is 11.7 Å². The van der Waals surface area contributed by atoms with Crippen LogP contribution in [-0.4, -0.2) is 10.9 Å². The molecular weight excluding hydrogens is 303 g/mol. The Morgan fingerprint density at radius 3 is 2.59 bits per heavy atom. The van der Waals surface area contributed by atoms with Crippen LogP contribution < -0.4 is 5.32 Å². The lowest BCUT2D eigenvalue weighted by molar-refractivity contribution is -0.125. The van der Waals surface area contributed by atoms with E-state index in [0.717, 1.165) is 17.7 Å². The standard InChI is InChI=1S/C17H18ClFN2O/c1-2-13(9-16-8-5-14(18)11-20-16)17(22)21-10-12-3-6-15(19)7-4-12/h3-8,11,13H,2,9-10H2,1H3,(H,21,22). The van der Waals surface area contributed by atoms with Gasteiger partial charge >= 0.3 is 0 Å². The first kappa shape index (κ1) is 16.4. The summed E-state index contributed by atoms with van der Waals surface area (Å²) in [4.78, 5) is 16.5. The van der Waals surface area contributed by atoms with Crippen molar-refractivity contribution in [1.29, 1.82) is 0 Å². The molecule has 0 fully saturated rings. The first-order valence-corrected chi connectivity index (χ1v) is 7.59. The summed E-state index contributed by atoms with van der Waals surface area (Å²) in [5.41, 5.74) is 1.71. The summed E-state index contributed by atoms with van der Waals surface area (Å²) in [6.45, 7) is 2.36. The Kier molecular flexibility index (Phi) is 5.90. The van der Waals surface area contributed by atoms with Crippen LogP contribution in [0.15, 0.2) is 42.6 Å². The van der Waals surface area contributed by atoms with Crippen LogP contribution in [0.5, 0.6) is 0 Å². The zero-order valence-corrected chi connectivity index (χ0v) is 13.1. The third kappa shape index (κ3) is 4.81. The highest BCUT2D eigenvalue weighted by molar-refractivity contribution is 6.30. The summed E-state index contributed by atoms with van der Waals surface area (Å²) >= 11 is 5.80. The fourth-order valence-electron chi connectivity index (χ4n) is 2.14.